The summed E-state index contributed by atoms with van der Waals surface area (Å²) in [6, 6.07) is 25.9. The summed E-state index contributed by atoms with van der Waals surface area (Å²) in [5.74, 6) is 0.808. The highest BCUT2D eigenvalue weighted by Crippen LogP contribution is 2.47. The van der Waals surface area contributed by atoms with E-state index in [0.717, 1.165) is 12.5 Å². The first-order valence-electron chi connectivity index (χ1n) is 11.8. The van der Waals surface area contributed by atoms with Crippen LogP contribution < -0.4 is 20.7 Å². The Balaban J connectivity index is 1.46. The first-order valence-corrected chi connectivity index (χ1v) is 11.8. The van der Waals surface area contributed by atoms with Crippen molar-refractivity contribution in [3.63, 3.8) is 0 Å². The predicted molar refractivity (Wildman–Crippen MR) is 128 cm³/mol. The molecule has 7 rings (SSSR count). The second kappa shape index (κ2) is 6.41. The number of hydrogen-bond donors (Lipinski definition) is 0. The van der Waals surface area contributed by atoms with Gasteiger partial charge in [0.2, 0.25) is 6.71 Å². The van der Waals surface area contributed by atoms with Gasteiger partial charge in [0, 0.05) is 35.3 Å². The van der Waals surface area contributed by atoms with Crippen LogP contribution in [0.3, 0.4) is 0 Å². The van der Waals surface area contributed by atoms with Crippen LogP contribution in [-0.4, -0.2) is 19.3 Å². The van der Waals surface area contributed by atoms with Crippen LogP contribution in [0.15, 0.2) is 66.7 Å². The quantitative estimate of drug-likeness (QED) is 0.539. The highest BCUT2D eigenvalue weighted by Gasteiger charge is 2.45. The zero-order valence-electron chi connectivity index (χ0n) is 17.4. The number of anilines is 4. The van der Waals surface area contributed by atoms with Crippen LogP contribution in [-0.2, 0) is 6.42 Å². The van der Waals surface area contributed by atoms with Gasteiger partial charge in [-0.2, -0.15) is 0 Å². The molecule has 1 fully saturated rings. The molecular weight excluding hydrogens is 363 g/mol. The standard InChI is InChI=1S/C27H27BN2/c1-2-10-21(11-3-1)29-17-16-28-22-12-6-9-20-18-19-8-4-5-13-23(19)30(27(20)22)25-15-7-14-24(29)26(25)28/h1-3,6-7,9-12,14-15,19,23H,4-5,8,13,16-18H2. The Kier molecular flexibility index (Phi) is 3.64. The van der Waals surface area contributed by atoms with E-state index in [1.807, 2.05) is 0 Å². The molecule has 2 unspecified atom stereocenters. The maximum atomic E-state index is 2.79. The van der Waals surface area contributed by atoms with Crippen molar-refractivity contribution >= 4 is 40.4 Å². The highest BCUT2D eigenvalue weighted by atomic mass is 15.2. The lowest BCUT2D eigenvalue weighted by atomic mass is 9.35. The van der Waals surface area contributed by atoms with E-state index in [-0.39, 0.29) is 0 Å². The fourth-order valence-corrected chi connectivity index (χ4v) is 6.92. The monoisotopic (exact) mass is 390 g/mol. The Labute approximate surface area is 179 Å². The molecule has 0 amide bonds. The maximum absolute atomic E-state index is 2.79. The number of hydrogen-bond acceptors (Lipinski definition) is 2. The Morgan fingerprint density at radius 1 is 0.800 bits per heavy atom. The summed E-state index contributed by atoms with van der Waals surface area (Å²) in [4.78, 5) is 5.34. The Morgan fingerprint density at radius 2 is 1.63 bits per heavy atom. The molecule has 0 radical (unpaired) electrons. The molecule has 1 saturated carbocycles. The van der Waals surface area contributed by atoms with Gasteiger partial charge in [0.1, 0.15) is 0 Å². The lowest BCUT2D eigenvalue weighted by molar-refractivity contribution is 0.293. The molecule has 30 heavy (non-hydrogen) atoms. The average Bonchev–Trinajstić information content (AvgIpc) is 2.82. The molecule has 0 aromatic heterocycles. The minimum absolute atomic E-state index is 0.530. The molecule has 3 aromatic rings. The zero-order chi connectivity index (χ0) is 19.7. The third-order valence-corrected chi connectivity index (χ3v) is 8.12. The lowest BCUT2D eigenvalue weighted by Crippen LogP contribution is -2.60. The minimum atomic E-state index is 0.530. The van der Waals surface area contributed by atoms with Crippen molar-refractivity contribution in [3.05, 3.63) is 72.3 Å². The van der Waals surface area contributed by atoms with Gasteiger partial charge in [-0.05, 0) is 66.8 Å². The van der Waals surface area contributed by atoms with Crippen LogP contribution >= 0.6 is 0 Å². The molecule has 3 aliphatic heterocycles. The van der Waals surface area contributed by atoms with E-state index < -0.39 is 0 Å². The van der Waals surface area contributed by atoms with Gasteiger partial charge in [0.05, 0.1) is 0 Å². The summed E-state index contributed by atoms with van der Waals surface area (Å²) in [5.41, 5.74) is 10.6. The Bertz CT molecular complexity index is 1120. The van der Waals surface area contributed by atoms with E-state index in [0.29, 0.717) is 12.8 Å². The molecule has 0 bridgehead atoms. The number of para-hydroxylation sites is 2. The van der Waals surface area contributed by atoms with Crippen LogP contribution in [0.4, 0.5) is 22.7 Å². The minimum Gasteiger partial charge on any atom is -0.343 e. The molecule has 0 saturated heterocycles. The van der Waals surface area contributed by atoms with Crippen molar-refractivity contribution in [1.82, 2.24) is 0 Å². The predicted octanol–water partition coefficient (Wildman–Crippen LogP) is 5.01. The molecule has 0 N–H and O–H groups in total. The average molecular weight is 390 g/mol. The van der Waals surface area contributed by atoms with Crippen molar-refractivity contribution in [2.45, 2.75) is 44.5 Å². The van der Waals surface area contributed by atoms with Crippen molar-refractivity contribution in [2.24, 2.45) is 5.92 Å². The molecule has 4 aliphatic rings. The van der Waals surface area contributed by atoms with Crippen molar-refractivity contribution in [3.8, 4) is 0 Å². The van der Waals surface area contributed by atoms with E-state index in [2.05, 4.69) is 76.5 Å². The SMILES string of the molecule is c1ccc(N2CCB3c4cccc5c4N(c4cccc2c43)C2CCCCC2C5)cc1. The molecule has 1 aliphatic carbocycles. The fourth-order valence-electron chi connectivity index (χ4n) is 6.92. The molecule has 3 heterocycles. The molecule has 2 nitrogen and oxygen atoms in total. The van der Waals surface area contributed by atoms with Gasteiger partial charge in [-0.3, -0.25) is 0 Å². The second-order valence-electron chi connectivity index (χ2n) is 9.58. The third-order valence-electron chi connectivity index (χ3n) is 8.12. The largest absolute Gasteiger partial charge is 0.343 e. The topological polar surface area (TPSA) is 6.48 Å². The first kappa shape index (κ1) is 17.1. The van der Waals surface area contributed by atoms with Crippen molar-refractivity contribution in [2.75, 3.05) is 16.3 Å². The molecule has 0 spiro atoms. The van der Waals surface area contributed by atoms with E-state index >= 15 is 0 Å². The zero-order valence-corrected chi connectivity index (χ0v) is 17.4. The summed E-state index contributed by atoms with van der Waals surface area (Å²) in [5, 5.41) is 0. The fraction of sp³-hybridized carbons (Fsp3) is 0.333. The summed E-state index contributed by atoms with van der Waals surface area (Å²) in [6.07, 6.45) is 7.99. The van der Waals surface area contributed by atoms with Gasteiger partial charge in [0.25, 0.3) is 0 Å². The molecule has 2 atom stereocenters. The van der Waals surface area contributed by atoms with Crippen molar-refractivity contribution in [1.29, 1.82) is 0 Å². The van der Waals surface area contributed by atoms with Crippen LogP contribution in [0.25, 0.3) is 0 Å². The summed E-state index contributed by atoms with van der Waals surface area (Å²) in [6.45, 7) is 1.61. The maximum Gasteiger partial charge on any atom is 0.219 e. The van der Waals surface area contributed by atoms with Gasteiger partial charge in [-0.15, -0.1) is 0 Å². The van der Waals surface area contributed by atoms with Gasteiger partial charge in [-0.25, -0.2) is 0 Å². The van der Waals surface area contributed by atoms with Gasteiger partial charge in [-0.1, -0.05) is 60.8 Å². The van der Waals surface area contributed by atoms with E-state index in [1.54, 1.807) is 22.2 Å². The third kappa shape index (κ3) is 2.27. The number of rotatable bonds is 1. The summed E-state index contributed by atoms with van der Waals surface area (Å²) >= 11 is 0. The highest BCUT2D eigenvalue weighted by molar-refractivity contribution is 6.89. The van der Waals surface area contributed by atoms with Gasteiger partial charge >= 0.3 is 0 Å². The second-order valence-corrected chi connectivity index (χ2v) is 9.58. The number of nitrogens with zero attached hydrogens (tertiary/aromatic N) is 2. The van der Waals surface area contributed by atoms with Crippen LogP contribution in [0.5, 0.6) is 0 Å². The van der Waals surface area contributed by atoms with Crippen LogP contribution in [0.1, 0.15) is 31.2 Å². The van der Waals surface area contributed by atoms with Crippen LogP contribution in [0, 0.1) is 5.92 Å². The molecular formula is C27H27BN2. The first-order chi connectivity index (χ1) is 14.9. The normalized spacial score (nSPS) is 23.5. The Morgan fingerprint density at radius 3 is 2.57 bits per heavy atom. The van der Waals surface area contributed by atoms with E-state index in [1.165, 1.54) is 55.5 Å². The molecule has 3 aromatic carbocycles. The van der Waals surface area contributed by atoms with Crippen molar-refractivity contribution < 1.29 is 0 Å². The lowest BCUT2D eigenvalue weighted by Gasteiger charge is -2.52. The number of benzene rings is 3. The smallest absolute Gasteiger partial charge is 0.219 e. The summed E-state index contributed by atoms with van der Waals surface area (Å²) < 4.78 is 0. The molecule has 3 heteroatoms. The van der Waals surface area contributed by atoms with E-state index in [9.17, 15) is 0 Å². The van der Waals surface area contributed by atoms with Gasteiger partial charge in [0.15, 0.2) is 0 Å². The number of fused-ring (bicyclic) bond motifs is 4. The van der Waals surface area contributed by atoms with Crippen LogP contribution in [0.2, 0.25) is 6.32 Å². The summed E-state index contributed by atoms with van der Waals surface area (Å²) in [7, 11) is 0. The van der Waals surface area contributed by atoms with Gasteiger partial charge < -0.3 is 9.80 Å². The van der Waals surface area contributed by atoms with E-state index in [4.69, 9.17) is 0 Å². The Hall–Kier alpha value is -2.68. The molecule has 148 valence electrons.